The van der Waals surface area contributed by atoms with Crippen molar-refractivity contribution in [3.63, 3.8) is 0 Å². The van der Waals surface area contributed by atoms with E-state index in [4.69, 9.17) is 4.74 Å². The first-order chi connectivity index (χ1) is 10.5. The van der Waals surface area contributed by atoms with Crippen LogP contribution in [0.3, 0.4) is 0 Å². The summed E-state index contributed by atoms with van der Waals surface area (Å²) in [7, 11) is -1.93. The largest absolute Gasteiger partial charge is 0.495 e. The number of carbonyl (C=O) groups is 1. The molecular formula is C16H19NO4S. The predicted molar refractivity (Wildman–Crippen MR) is 83.6 cm³/mol. The monoisotopic (exact) mass is 321 g/mol. The number of methoxy groups -OCH3 is 1. The molecule has 118 valence electrons. The Kier molecular flexibility index (Phi) is 3.95. The molecule has 0 aromatic heterocycles. The van der Waals surface area contributed by atoms with Gasteiger partial charge in [0.2, 0.25) is 9.84 Å². The van der Waals surface area contributed by atoms with Gasteiger partial charge >= 0.3 is 0 Å². The molecule has 0 spiro atoms. The van der Waals surface area contributed by atoms with Crippen molar-refractivity contribution < 1.29 is 17.9 Å². The van der Waals surface area contributed by atoms with E-state index in [2.05, 4.69) is 0 Å². The maximum absolute atomic E-state index is 12.8. The summed E-state index contributed by atoms with van der Waals surface area (Å²) in [4.78, 5) is 14.8. The highest BCUT2D eigenvalue weighted by atomic mass is 32.2. The van der Waals surface area contributed by atoms with Crippen LogP contribution in [-0.2, 0) is 9.84 Å². The lowest BCUT2D eigenvalue weighted by Gasteiger charge is -2.22. The Balaban J connectivity index is 2.01. The van der Waals surface area contributed by atoms with E-state index in [9.17, 15) is 13.2 Å². The SMILES string of the molecule is COc1c(C(=O)N2CCCCCC2)ccc2c1C=CS2(=O)=O. The third-order valence-corrected chi connectivity index (χ3v) is 5.67. The molecule has 0 aliphatic carbocycles. The Morgan fingerprint density at radius 3 is 2.45 bits per heavy atom. The van der Waals surface area contributed by atoms with E-state index >= 15 is 0 Å². The summed E-state index contributed by atoms with van der Waals surface area (Å²) in [5, 5.41) is 1.15. The zero-order valence-electron chi connectivity index (χ0n) is 12.5. The second kappa shape index (κ2) is 5.76. The summed E-state index contributed by atoms with van der Waals surface area (Å²) in [5.41, 5.74) is 0.910. The quantitative estimate of drug-likeness (QED) is 0.839. The minimum absolute atomic E-state index is 0.0840. The van der Waals surface area contributed by atoms with E-state index in [-0.39, 0.29) is 10.8 Å². The zero-order valence-corrected chi connectivity index (χ0v) is 13.4. The van der Waals surface area contributed by atoms with Gasteiger partial charge in [-0.25, -0.2) is 8.42 Å². The maximum atomic E-state index is 12.8. The van der Waals surface area contributed by atoms with Crippen molar-refractivity contribution in [3.8, 4) is 5.75 Å². The van der Waals surface area contributed by atoms with Crippen molar-refractivity contribution in [2.45, 2.75) is 30.6 Å². The van der Waals surface area contributed by atoms with Crippen LogP contribution in [0.1, 0.15) is 41.6 Å². The molecule has 0 bridgehead atoms. The molecule has 0 saturated carbocycles. The number of likely N-dealkylation sites (tertiary alicyclic amines) is 1. The normalized spacial score (nSPS) is 19.6. The molecule has 0 unspecified atom stereocenters. The lowest BCUT2D eigenvalue weighted by atomic mass is 10.1. The van der Waals surface area contributed by atoms with Crippen LogP contribution < -0.4 is 4.74 Å². The molecule has 22 heavy (non-hydrogen) atoms. The highest BCUT2D eigenvalue weighted by Gasteiger charge is 2.29. The van der Waals surface area contributed by atoms with Gasteiger partial charge in [0.05, 0.1) is 17.6 Å². The number of ether oxygens (including phenoxy) is 1. The van der Waals surface area contributed by atoms with Crippen molar-refractivity contribution in [1.82, 2.24) is 4.90 Å². The summed E-state index contributed by atoms with van der Waals surface area (Å²) in [5.74, 6) is 0.267. The molecule has 0 N–H and O–H groups in total. The topological polar surface area (TPSA) is 63.7 Å². The summed E-state index contributed by atoms with van der Waals surface area (Å²) >= 11 is 0. The van der Waals surface area contributed by atoms with Gasteiger partial charge < -0.3 is 9.64 Å². The highest BCUT2D eigenvalue weighted by Crippen LogP contribution is 2.37. The fourth-order valence-corrected chi connectivity index (χ4v) is 4.24. The minimum atomic E-state index is -3.40. The second-order valence-corrected chi connectivity index (χ2v) is 7.41. The number of rotatable bonds is 2. The van der Waals surface area contributed by atoms with E-state index in [1.165, 1.54) is 19.3 Å². The van der Waals surface area contributed by atoms with Gasteiger partial charge in [0.25, 0.3) is 5.91 Å². The number of amides is 1. The van der Waals surface area contributed by atoms with Crippen molar-refractivity contribution in [2.24, 2.45) is 0 Å². The molecule has 1 saturated heterocycles. The number of hydrogen-bond donors (Lipinski definition) is 0. The number of benzene rings is 1. The van der Waals surface area contributed by atoms with Crippen LogP contribution >= 0.6 is 0 Å². The van der Waals surface area contributed by atoms with Crippen molar-refractivity contribution in [1.29, 1.82) is 0 Å². The Morgan fingerprint density at radius 1 is 1.14 bits per heavy atom. The van der Waals surface area contributed by atoms with Crippen LogP contribution in [0, 0.1) is 0 Å². The molecule has 0 atom stereocenters. The summed E-state index contributed by atoms with van der Waals surface area (Å²) in [6.07, 6.45) is 5.81. The van der Waals surface area contributed by atoms with Crippen LogP contribution in [0.4, 0.5) is 0 Å². The van der Waals surface area contributed by atoms with Crippen LogP contribution in [0.5, 0.6) is 5.75 Å². The summed E-state index contributed by atoms with van der Waals surface area (Å²) in [6, 6.07) is 3.06. The van der Waals surface area contributed by atoms with Gasteiger partial charge in [-0.1, -0.05) is 12.8 Å². The fraction of sp³-hybridized carbons (Fsp3) is 0.438. The Labute approximate surface area is 130 Å². The number of nitrogens with zero attached hydrogens (tertiary/aromatic N) is 1. The van der Waals surface area contributed by atoms with E-state index in [1.54, 1.807) is 6.07 Å². The Bertz CT molecular complexity index is 729. The van der Waals surface area contributed by atoms with Gasteiger partial charge in [-0.3, -0.25) is 4.79 Å². The fourth-order valence-electron chi connectivity index (χ4n) is 3.05. The molecule has 1 aromatic carbocycles. The van der Waals surface area contributed by atoms with Crippen LogP contribution in [0.2, 0.25) is 0 Å². The summed E-state index contributed by atoms with van der Waals surface area (Å²) < 4.78 is 29.2. The first-order valence-corrected chi connectivity index (χ1v) is 9.02. The Hall–Kier alpha value is -1.82. The molecule has 2 aliphatic rings. The molecule has 5 nitrogen and oxygen atoms in total. The van der Waals surface area contributed by atoms with Gasteiger partial charge in [0.1, 0.15) is 5.75 Å². The Morgan fingerprint density at radius 2 is 1.82 bits per heavy atom. The van der Waals surface area contributed by atoms with Gasteiger partial charge in [-0.05, 0) is 31.1 Å². The van der Waals surface area contributed by atoms with Gasteiger partial charge in [0.15, 0.2) is 0 Å². The number of sulfone groups is 1. The van der Waals surface area contributed by atoms with Gasteiger partial charge in [0, 0.05) is 24.1 Å². The van der Waals surface area contributed by atoms with Crippen molar-refractivity contribution in [3.05, 3.63) is 28.7 Å². The summed E-state index contributed by atoms with van der Waals surface area (Å²) in [6.45, 7) is 1.49. The van der Waals surface area contributed by atoms with Gasteiger partial charge in [-0.15, -0.1) is 0 Å². The standard InChI is InChI=1S/C16H19NO4S/c1-21-15-12-8-11-22(19,20)14(12)7-6-13(15)16(18)17-9-4-2-3-5-10-17/h6-8,11H,2-5,9-10H2,1H3. The number of hydrogen-bond acceptors (Lipinski definition) is 4. The predicted octanol–water partition coefficient (Wildman–Crippen LogP) is 2.47. The van der Waals surface area contributed by atoms with Crippen LogP contribution in [0.15, 0.2) is 22.4 Å². The smallest absolute Gasteiger partial charge is 0.257 e. The molecule has 0 radical (unpaired) electrons. The lowest BCUT2D eigenvalue weighted by Crippen LogP contribution is -2.32. The molecule has 3 rings (SSSR count). The zero-order chi connectivity index (χ0) is 15.7. The van der Waals surface area contributed by atoms with Crippen LogP contribution in [0.25, 0.3) is 6.08 Å². The first kappa shape index (κ1) is 15.1. The third kappa shape index (κ3) is 2.52. The number of fused-ring (bicyclic) bond motifs is 1. The van der Waals surface area contributed by atoms with Crippen molar-refractivity contribution >= 4 is 21.8 Å². The van der Waals surface area contributed by atoms with E-state index in [0.29, 0.717) is 16.9 Å². The average molecular weight is 321 g/mol. The second-order valence-electron chi connectivity index (χ2n) is 5.61. The maximum Gasteiger partial charge on any atom is 0.257 e. The number of carbonyl (C=O) groups excluding carboxylic acids is 1. The molecular weight excluding hydrogens is 302 g/mol. The van der Waals surface area contributed by atoms with Gasteiger partial charge in [-0.2, -0.15) is 0 Å². The van der Waals surface area contributed by atoms with E-state index in [1.807, 2.05) is 4.90 Å². The molecule has 2 heterocycles. The van der Waals surface area contributed by atoms with Crippen molar-refractivity contribution in [2.75, 3.05) is 20.2 Å². The molecule has 1 amide bonds. The first-order valence-electron chi connectivity index (χ1n) is 7.48. The third-order valence-electron chi connectivity index (χ3n) is 4.20. The molecule has 1 aromatic rings. The average Bonchev–Trinajstić information content (AvgIpc) is 2.72. The van der Waals surface area contributed by atoms with Crippen LogP contribution in [-0.4, -0.2) is 39.4 Å². The lowest BCUT2D eigenvalue weighted by molar-refractivity contribution is 0.0758. The molecule has 1 fully saturated rings. The minimum Gasteiger partial charge on any atom is -0.495 e. The molecule has 6 heteroatoms. The highest BCUT2D eigenvalue weighted by molar-refractivity contribution is 7.94. The molecule has 2 aliphatic heterocycles. The van der Waals surface area contributed by atoms with E-state index in [0.717, 1.165) is 44.2 Å². The van der Waals surface area contributed by atoms with E-state index < -0.39 is 9.84 Å².